The number of aliphatic hydroxyl groups excluding tert-OH is 6. The quantitative estimate of drug-likeness (QED) is 0.0732. The molecule has 0 spiro atoms. The van der Waals surface area contributed by atoms with Crippen molar-refractivity contribution in [1.82, 2.24) is 0 Å². The zero-order valence-electron chi connectivity index (χ0n) is 27.1. The van der Waals surface area contributed by atoms with Gasteiger partial charge in [0, 0.05) is 17.8 Å². The monoisotopic (exact) mass is 638 g/mol. The van der Waals surface area contributed by atoms with E-state index in [4.69, 9.17) is 24.1 Å². The summed E-state index contributed by atoms with van der Waals surface area (Å²) in [6, 6.07) is 0. The predicted octanol–water partition coefficient (Wildman–Crippen LogP) is 0.246. The molecule has 0 amide bonds. The topological polar surface area (TPSA) is 227 Å². The summed E-state index contributed by atoms with van der Waals surface area (Å²) in [5.41, 5.74) is 0. The molecule has 12 atom stereocenters. The third kappa shape index (κ3) is 12.6. The minimum atomic E-state index is -1.97. The summed E-state index contributed by atoms with van der Waals surface area (Å²) >= 11 is 0. The van der Waals surface area contributed by atoms with E-state index in [1.54, 1.807) is 55.4 Å². The van der Waals surface area contributed by atoms with Gasteiger partial charge >= 0.3 is 23.9 Å². The molecule has 14 heteroatoms. The van der Waals surface area contributed by atoms with Gasteiger partial charge in [-0.15, -0.1) is 0 Å². The Morgan fingerprint density at radius 2 is 0.864 bits per heavy atom. The maximum absolute atomic E-state index is 13.3. The lowest BCUT2D eigenvalue weighted by Gasteiger charge is -2.29. The molecule has 0 unspecified atom stereocenters. The summed E-state index contributed by atoms with van der Waals surface area (Å²) in [7, 11) is 0. The number of carbonyl (C=O) groups excluding carboxylic acids is 4. The fraction of sp³-hybridized carbons (Fsp3) is 0.867. The van der Waals surface area contributed by atoms with Gasteiger partial charge in [-0.2, -0.15) is 0 Å². The molecule has 0 saturated carbocycles. The molecule has 0 fully saturated rings. The van der Waals surface area contributed by atoms with Crippen LogP contribution in [-0.2, 0) is 38.1 Å². The Hall–Kier alpha value is -2.36. The van der Waals surface area contributed by atoms with Crippen molar-refractivity contribution < 1.29 is 68.8 Å². The highest BCUT2D eigenvalue weighted by molar-refractivity contribution is 5.86. The maximum Gasteiger partial charge on any atom is 0.348 e. The lowest BCUT2D eigenvalue weighted by atomic mass is 9.98. The molecule has 0 heterocycles. The zero-order valence-corrected chi connectivity index (χ0v) is 27.1. The smallest absolute Gasteiger partial charge is 0.348 e. The van der Waals surface area contributed by atoms with Gasteiger partial charge in [-0.05, 0) is 25.2 Å². The van der Waals surface area contributed by atoms with E-state index in [1.165, 1.54) is 0 Å². The number of hydrogen-bond donors (Lipinski definition) is 6. The minimum absolute atomic E-state index is 0.345. The van der Waals surface area contributed by atoms with Crippen LogP contribution < -0.4 is 0 Å². The Kier molecular flexibility index (Phi) is 19.5. The Morgan fingerprint density at radius 3 is 1.23 bits per heavy atom. The molecule has 14 nitrogen and oxygen atoms in total. The molecule has 6 N–H and O–H groups in total. The molecule has 0 aromatic rings. The highest BCUT2D eigenvalue weighted by atomic mass is 16.6. The Bertz CT molecular complexity index is 882. The molecule has 0 aliphatic heterocycles. The molecule has 0 radical (unpaired) electrons. The molecule has 0 aromatic carbocycles. The van der Waals surface area contributed by atoms with Crippen molar-refractivity contribution >= 4 is 23.9 Å². The third-order valence-corrected chi connectivity index (χ3v) is 8.05. The molecule has 0 aromatic heterocycles. The van der Waals surface area contributed by atoms with Crippen LogP contribution in [-0.4, -0.2) is 117 Å². The van der Waals surface area contributed by atoms with Crippen LogP contribution in [0.5, 0.6) is 0 Å². The first-order chi connectivity index (χ1) is 20.5. The van der Waals surface area contributed by atoms with Gasteiger partial charge < -0.3 is 49.6 Å². The standard InChI is InChI=1S/C30H54O14/c1-9-15(5)21(34)27(37)42-25(17(7)11-3)29(39)44-26(18(8)12-4)30(40)43-24(16(6)10-2)28(38)41-14-20(33)23(36)22(35)19(32)13-31/h15-26,31-36H,9-14H2,1-8H3/t15-,16+,17-,18-,19+,20-,21-,22+,23-,24-,25-,26-/m0/s1. The molecule has 0 aliphatic rings. The van der Waals surface area contributed by atoms with Gasteiger partial charge in [-0.25, -0.2) is 19.2 Å². The fourth-order valence-corrected chi connectivity index (χ4v) is 3.78. The molecular formula is C30H54O14. The third-order valence-electron chi connectivity index (χ3n) is 8.05. The first kappa shape index (κ1) is 41.6. The summed E-state index contributed by atoms with van der Waals surface area (Å²) in [5, 5.41) is 58.5. The van der Waals surface area contributed by atoms with E-state index in [1.807, 2.05) is 0 Å². The van der Waals surface area contributed by atoms with Crippen LogP contribution in [0.1, 0.15) is 81.1 Å². The fourth-order valence-electron chi connectivity index (χ4n) is 3.78. The van der Waals surface area contributed by atoms with Crippen molar-refractivity contribution in [2.75, 3.05) is 13.2 Å². The second kappa shape index (κ2) is 20.6. The summed E-state index contributed by atoms with van der Waals surface area (Å²) < 4.78 is 21.4. The van der Waals surface area contributed by atoms with Crippen LogP contribution in [0.25, 0.3) is 0 Å². The Labute approximate surface area is 259 Å². The van der Waals surface area contributed by atoms with Crippen LogP contribution in [0.3, 0.4) is 0 Å². The van der Waals surface area contributed by atoms with Crippen LogP contribution in [0.15, 0.2) is 0 Å². The second-order valence-electron chi connectivity index (χ2n) is 11.5. The molecule has 0 bridgehead atoms. The van der Waals surface area contributed by atoms with Gasteiger partial charge in [0.25, 0.3) is 0 Å². The normalized spacial score (nSPS) is 19.9. The van der Waals surface area contributed by atoms with Gasteiger partial charge in [0.15, 0.2) is 6.10 Å². The van der Waals surface area contributed by atoms with E-state index < -0.39 is 110 Å². The van der Waals surface area contributed by atoms with Crippen LogP contribution in [0, 0.1) is 23.7 Å². The van der Waals surface area contributed by atoms with Crippen LogP contribution in [0.2, 0.25) is 0 Å². The van der Waals surface area contributed by atoms with E-state index in [-0.39, 0.29) is 0 Å². The molecule has 0 saturated heterocycles. The van der Waals surface area contributed by atoms with Crippen molar-refractivity contribution in [3.05, 3.63) is 0 Å². The molecular weight excluding hydrogens is 584 g/mol. The summed E-state index contributed by atoms with van der Waals surface area (Å²) in [6.07, 6.45) is -11.8. The number of aliphatic hydroxyl groups is 6. The molecule has 0 rings (SSSR count). The lowest BCUT2D eigenvalue weighted by molar-refractivity contribution is -0.194. The maximum atomic E-state index is 13.3. The van der Waals surface area contributed by atoms with Crippen LogP contribution in [0.4, 0.5) is 0 Å². The van der Waals surface area contributed by atoms with E-state index in [0.717, 1.165) is 0 Å². The summed E-state index contributed by atoms with van der Waals surface area (Å²) in [6.45, 7) is 11.8. The molecule has 258 valence electrons. The van der Waals surface area contributed by atoms with Crippen molar-refractivity contribution in [1.29, 1.82) is 0 Å². The van der Waals surface area contributed by atoms with Gasteiger partial charge in [0.05, 0.1) is 6.61 Å². The molecule has 0 aliphatic carbocycles. The first-order valence-corrected chi connectivity index (χ1v) is 15.3. The Morgan fingerprint density at radius 1 is 0.523 bits per heavy atom. The number of rotatable bonds is 21. The van der Waals surface area contributed by atoms with E-state index in [2.05, 4.69) is 0 Å². The van der Waals surface area contributed by atoms with E-state index >= 15 is 0 Å². The van der Waals surface area contributed by atoms with Crippen molar-refractivity contribution in [2.24, 2.45) is 23.7 Å². The highest BCUT2D eigenvalue weighted by Gasteiger charge is 2.40. The van der Waals surface area contributed by atoms with Gasteiger partial charge in [0.2, 0.25) is 18.3 Å². The van der Waals surface area contributed by atoms with E-state index in [0.29, 0.717) is 25.7 Å². The van der Waals surface area contributed by atoms with Gasteiger partial charge in [-0.3, -0.25) is 0 Å². The van der Waals surface area contributed by atoms with Crippen molar-refractivity contribution in [2.45, 2.75) is 130 Å². The van der Waals surface area contributed by atoms with Crippen LogP contribution >= 0.6 is 0 Å². The number of esters is 4. The predicted molar refractivity (Wildman–Crippen MR) is 156 cm³/mol. The first-order valence-electron chi connectivity index (χ1n) is 15.3. The SMILES string of the molecule is CC[C@@H](C)[C@H](OC(=O)[C@@H](OC(=O)[C@@H](OC(=O)[C@@H](O)[C@@H](C)CC)[C@@H](C)CC)[C@@H](C)CC)C(=O)OC[C@H](O)[C@H](O)[C@H](O)[C@H](O)CO. The summed E-state index contributed by atoms with van der Waals surface area (Å²) in [5.74, 6) is -6.29. The lowest BCUT2D eigenvalue weighted by Crippen LogP contribution is -2.48. The highest BCUT2D eigenvalue weighted by Crippen LogP contribution is 2.23. The summed E-state index contributed by atoms with van der Waals surface area (Å²) in [4.78, 5) is 52.1. The largest absolute Gasteiger partial charge is 0.460 e. The zero-order chi connectivity index (χ0) is 34.3. The Balaban J connectivity index is 5.85. The van der Waals surface area contributed by atoms with Crippen molar-refractivity contribution in [3.8, 4) is 0 Å². The van der Waals surface area contributed by atoms with Crippen molar-refractivity contribution in [3.63, 3.8) is 0 Å². The molecule has 44 heavy (non-hydrogen) atoms. The average molecular weight is 639 g/mol. The number of hydrogen-bond acceptors (Lipinski definition) is 14. The average Bonchev–Trinajstić information content (AvgIpc) is 3.03. The number of ether oxygens (including phenoxy) is 4. The minimum Gasteiger partial charge on any atom is -0.460 e. The van der Waals surface area contributed by atoms with E-state index in [9.17, 15) is 44.7 Å². The second-order valence-corrected chi connectivity index (χ2v) is 11.5. The van der Waals surface area contributed by atoms with Gasteiger partial charge in [-0.1, -0.05) is 61.8 Å². The number of carbonyl (C=O) groups is 4. The van der Waals surface area contributed by atoms with Gasteiger partial charge in [0.1, 0.15) is 31.0 Å².